The number of hydrogen-bond acceptors (Lipinski definition) is 4. The maximum atomic E-state index is 12.4. The van der Waals surface area contributed by atoms with Crippen LogP contribution in [0.25, 0.3) is 0 Å². The number of carbonyl (C=O) groups is 2. The van der Waals surface area contributed by atoms with Crippen LogP contribution in [0.2, 0.25) is 0 Å². The number of amides is 2. The minimum absolute atomic E-state index is 0.0619. The van der Waals surface area contributed by atoms with Crippen LogP contribution in [0.5, 0.6) is 0 Å². The van der Waals surface area contributed by atoms with Crippen molar-refractivity contribution in [3.63, 3.8) is 0 Å². The lowest BCUT2D eigenvalue weighted by atomic mass is 10.2. The smallest absolute Gasteiger partial charge is 0.334 e. The van der Waals surface area contributed by atoms with Crippen LogP contribution >= 0.6 is 11.8 Å². The number of ether oxygens (including phenoxy) is 1. The molecule has 19 heavy (non-hydrogen) atoms. The van der Waals surface area contributed by atoms with Gasteiger partial charge in [-0.05, 0) is 13.8 Å². The third kappa shape index (κ3) is 3.54. The number of carbonyl (C=O) groups excluding carboxylic acids is 1. The van der Waals surface area contributed by atoms with Crippen molar-refractivity contribution in [1.82, 2.24) is 9.80 Å². The molecule has 6 nitrogen and oxygen atoms in total. The highest BCUT2D eigenvalue weighted by Gasteiger charge is 2.35. The number of rotatable bonds is 1. The summed E-state index contributed by atoms with van der Waals surface area (Å²) in [5, 5.41) is 8.95. The summed E-state index contributed by atoms with van der Waals surface area (Å²) < 4.78 is 5.19. The number of urea groups is 1. The molecule has 0 bridgehead atoms. The van der Waals surface area contributed by atoms with Gasteiger partial charge < -0.3 is 19.6 Å². The summed E-state index contributed by atoms with van der Waals surface area (Å²) in [5.74, 6) is -0.0853. The summed E-state index contributed by atoms with van der Waals surface area (Å²) in [6.45, 7) is 6.56. The third-order valence-electron chi connectivity index (χ3n) is 3.31. The first-order chi connectivity index (χ1) is 8.89. The number of nitrogens with zero attached hydrogens (tertiary/aromatic N) is 2. The van der Waals surface area contributed by atoms with Crippen molar-refractivity contribution in [3.8, 4) is 0 Å². The monoisotopic (exact) mass is 288 g/mol. The zero-order valence-electron chi connectivity index (χ0n) is 11.3. The van der Waals surface area contributed by atoms with Gasteiger partial charge >= 0.3 is 12.0 Å². The summed E-state index contributed by atoms with van der Waals surface area (Å²) in [5.41, 5.74) is 0. The predicted molar refractivity (Wildman–Crippen MR) is 72.5 cm³/mol. The van der Waals surface area contributed by atoms with Gasteiger partial charge in [-0.2, -0.15) is 11.8 Å². The molecule has 0 aromatic carbocycles. The number of carboxylic acid groups (broad SMARTS) is 1. The van der Waals surface area contributed by atoms with E-state index >= 15 is 0 Å². The number of carboxylic acids is 1. The van der Waals surface area contributed by atoms with E-state index in [4.69, 9.17) is 9.84 Å². The summed E-state index contributed by atoms with van der Waals surface area (Å²) in [4.78, 5) is 26.7. The highest BCUT2D eigenvalue weighted by atomic mass is 32.2. The van der Waals surface area contributed by atoms with Crippen molar-refractivity contribution in [3.05, 3.63) is 0 Å². The summed E-state index contributed by atoms with van der Waals surface area (Å²) in [7, 11) is 0. The largest absolute Gasteiger partial charge is 0.479 e. The second-order valence-corrected chi connectivity index (χ2v) is 7.26. The lowest BCUT2D eigenvalue weighted by Crippen LogP contribution is -2.56. The van der Waals surface area contributed by atoms with Crippen LogP contribution in [0.1, 0.15) is 13.8 Å². The zero-order chi connectivity index (χ0) is 14.0. The lowest BCUT2D eigenvalue weighted by molar-refractivity contribution is -0.154. The van der Waals surface area contributed by atoms with Crippen LogP contribution in [0.3, 0.4) is 0 Å². The topological polar surface area (TPSA) is 70.1 Å². The molecule has 2 heterocycles. The average molecular weight is 288 g/mol. The Hall–Kier alpha value is -0.950. The standard InChI is InChI=1S/C12H20N2O4S/c1-12(2)8-14(4-6-19-12)11(17)13-3-5-18-9(7-13)10(15)16/h9H,3-8H2,1-2H3,(H,15,16). The molecule has 1 N–H and O–H groups in total. The van der Waals surface area contributed by atoms with E-state index in [0.717, 1.165) is 12.3 Å². The first kappa shape index (κ1) is 14.5. The van der Waals surface area contributed by atoms with E-state index in [0.29, 0.717) is 13.1 Å². The quantitative estimate of drug-likeness (QED) is 0.770. The summed E-state index contributed by atoms with van der Waals surface area (Å²) in [6.07, 6.45) is -0.898. The number of morpholine rings is 1. The van der Waals surface area contributed by atoms with Crippen LogP contribution in [-0.4, -0.2) is 76.3 Å². The summed E-state index contributed by atoms with van der Waals surface area (Å²) in [6, 6.07) is -0.0667. The highest BCUT2D eigenvalue weighted by molar-refractivity contribution is 8.00. The van der Waals surface area contributed by atoms with Gasteiger partial charge in [0.25, 0.3) is 0 Å². The minimum atomic E-state index is -1.01. The van der Waals surface area contributed by atoms with E-state index in [1.165, 1.54) is 0 Å². The van der Waals surface area contributed by atoms with Gasteiger partial charge in [0.1, 0.15) is 0 Å². The van der Waals surface area contributed by atoms with Gasteiger partial charge in [-0.3, -0.25) is 0 Å². The fourth-order valence-corrected chi connectivity index (χ4v) is 3.46. The maximum Gasteiger partial charge on any atom is 0.334 e. The van der Waals surface area contributed by atoms with Crippen molar-refractivity contribution in [2.45, 2.75) is 24.7 Å². The predicted octanol–water partition coefficient (Wildman–Crippen LogP) is 0.719. The van der Waals surface area contributed by atoms with E-state index in [2.05, 4.69) is 13.8 Å². The molecule has 0 aliphatic carbocycles. The molecule has 2 saturated heterocycles. The average Bonchev–Trinajstić information content (AvgIpc) is 2.37. The molecular weight excluding hydrogens is 268 g/mol. The van der Waals surface area contributed by atoms with Crippen LogP contribution in [-0.2, 0) is 9.53 Å². The van der Waals surface area contributed by atoms with E-state index in [1.807, 2.05) is 16.7 Å². The Bertz CT molecular complexity index is 375. The fraction of sp³-hybridized carbons (Fsp3) is 0.833. The van der Waals surface area contributed by atoms with Crippen molar-refractivity contribution in [2.75, 3.05) is 38.5 Å². The van der Waals surface area contributed by atoms with Gasteiger partial charge in [0.15, 0.2) is 6.10 Å². The van der Waals surface area contributed by atoms with Gasteiger partial charge in [0.2, 0.25) is 0 Å². The molecular formula is C12H20N2O4S. The first-order valence-corrected chi connectivity index (χ1v) is 7.40. The Morgan fingerprint density at radius 1 is 1.32 bits per heavy atom. The van der Waals surface area contributed by atoms with Crippen LogP contribution < -0.4 is 0 Å². The van der Waals surface area contributed by atoms with Crippen molar-refractivity contribution >= 4 is 23.8 Å². The molecule has 0 aromatic rings. The Kier molecular flexibility index (Phi) is 4.25. The lowest BCUT2D eigenvalue weighted by Gasteiger charge is -2.41. The van der Waals surface area contributed by atoms with Gasteiger partial charge in [0, 0.05) is 30.1 Å². The van der Waals surface area contributed by atoms with Crippen LogP contribution in [0.4, 0.5) is 4.79 Å². The third-order valence-corrected chi connectivity index (χ3v) is 4.61. The first-order valence-electron chi connectivity index (χ1n) is 6.41. The molecule has 2 aliphatic rings. The van der Waals surface area contributed by atoms with Crippen molar-refractivity contribution < 1.29 is 19.4 Å². The Labute approximate surface area is 117 Å². The Morgan fingerprint density at radius 2 is 2.05 bits per heavy atom. The van der Waals surface area contributed by atoms with Crippen LogP contribution in [0.15, 0.2) is 0 Å². The zero-order valence-corrected chi connectivity index (χ0v) is 12.1. The number of thioether (sulfide) groups is 1. The SMILES string of the molecule is CC1(C)CN(C(=O)N2CCOC(C(=O)O)C2)CCS1. The Morgan fingerprint density at radius 3 is 2.68 bits per heavy atom. The molecule has 2 amide bonds. The van der Waals surface area contributed by atoms with Crippen LogP contribution in [0, 0.1) is 0 Å². The maximum absolute atomic E-state index is 12.4. The van der Waals surface area contributed by atoms with Gasteiger partial charge in [-0.25, -0.2) is 9.59 Å². The molecule has 7 heteroatoms. The molecule has 2 aliphatic heterocycles. The molecule has 2 fully saturated rings. The van der Waals surface area contributed by atoms with Gasteiger partial charge in [-0.15, -0.1) is 0 Å². The normalized spacial score (nSPS) is 27.2. The van der Waals surface area contributed by atoms with Gasteiger partial charge in [0.05, 0.1) is 13.2 Å². The second-order valence-electron chi connectivity index (χ2n) is 5.46. The molecule has 1 atom stereocenters. The molecule has 0 saturated carbocycles. The molecule has 0 spiro atoms. The number of aliphatic carboxylic acids is 1. The van der Waals surface area contributed by atoms with E-state index < -0.39 is 12.1 Å². The molecule has 0 radical (unpaired) electrons. The Balaban J connectivity index is 1.97. The minimum Gasteiger partial charge on any atom is -0.479 e. The second kappa shape index (κ2) is 5.58. The molecule has 2 rings (SSSR count). The fourth-order valence-electron chi connectivity index (χ4n) is 2.35. The highest BCUT2D eigenvalue weighted by Crippen LogP contribution is 2.30. The van der Waals surface area contributed by atoms with Crippen molar-refractivity contribution in [1.29, 1.82) is 0 Å². The summed E-state index contributed by atoms with van der Waals surface area (Å²) >= 11 is 1.86. The molecule has 108 valence electrons. The molecule has 0 aromatic heterocycles. The van der Waals surface area contributed by atoms with E-state index in [1.54, 1.807) is 4.90 Å². The van der Waals surface area contributed by atoms with E-state index in [-0.39, 0.29) is 23.9 Å². The number of hydrogen-bond donors (Lipinski definition) is 1. The van der Waals surface area contributed by atoms with E-state index in [9.17, 15) is 9.59 Å². The van der Waals surface area contributed by atoms with Gasteiger partial charge in [-0.1, -0.05) is 0 Å². The van der Waals surface area contributed by atoms with Crippen molar-refractivity contribution in [2.24, 2.45) is 0 Å². The molecule has 1 unspecified atom stereocenters.